The molecule has 0 saturated carbocycles. The lowest BCUT2D eigenvalue weighted by Crippen LogP contribution is -2.20. The molecule has 0 aliphatic heterocycles. The molecule has 0 spiro atoms. The molecule has 0 bridgehead atoms. The van der Waals surface area contributed by atoms with Crippen LogP contribution in [0.2, 0.25) is 0 Å². The van der Waals surface area contributed by atoms with Gasteiger partial charge in [0.25, 0.3) is 0 Å². The molecule has 0 aliphatic rings. The van der Waals surface area contributed by atoms with Gasteiger partial charge >= 0.3 is 0 Å². The maximum atomic E-state index is 12.1. The summed E-state index contributed by atoms with van der Waals surface area (Å²) in [5, 5.41) is 6.78. The fraction of sp³-hybridized carbons (Fsp3) is 0.192. The van der Waals surface area contributed by atoms with Crippen LogP contribution in [0.1, 0.15) is 35.1 Å². The first-order valence-electron chi connectivity index (χ1n) is 10.5. The second-order valence-electron chi connectivity index (χ2n) is 7.50. The molecule has 164 valence electrons. The number of carbonyl (C=O) groups excluding carboxylic acids is 2. The zero-order valence-corrected chi connectivity index (χ0v) is 18.3. The summed E-state index contributed by atoms with van der Waals surface area (Å²) in [6, 6.07) is 23.2. The molecule has 0 radical (unpaired) electrons. The van der Waals surface area contributed by atoms with E-state index in [1.54, 1.807) is 6.21 Å². The number of hydrazone groups is 1. The summed E-state index contributed by atoms with van der Waals surface area (Å²) >= 11 is 0. The zero-order valence-electron chi connectivity index (χ0n) is 18.3. The van der Waals surface area contributed by atoms with Crippen molar-refractivity contribution in [3.63, 3.8) is 0 Å². The maximum absolute atomic E-state index is 12.1. The van der Waals surface area contributed by atoms with Crippen LogP contribution in [0.25, 0.3) is 0 Å². The first kappa shape index (κ1) is 22.7. The molecule has 0 atom stereocenters. The Bertz CT molecular complexity index is 1080. The predicted molar refractivity (Wildman–Crippen MR) is 127 cm³/mol. The number of carbonyl (C=O) groups is 2. The number of rotatable bonds is 9. The van der Waals surface area contributed by atoms with Crippen molar-refractivity contribution < 1.29 is 14.3 Å². The van der Waals surface area contributed by atoms with Gasteiger partial charge in [-0.05, 0) is 60.9 Å². The van der Waals surface area contributed by atoms with Crippen LogP contribution in [-0.4, -0.2) is 18.0 Å². The Morgan fingerprint density at radius 3 is 2.34 bits per heavy atom. The fourth-order valence-corrected chi connectivity index (χ4v) is 3.02. The highest BCUT2D eigenvalue weighted by Gasteiger charge is 2.08. The standard InChI is InChI=1S/C26H27N3O3/c1-19-8-13-24(20(2)16-19)28-25(30)14-15-26(31)29-27-17-21-9-11-23(12-10-21)32-18-22-6-4-3-5-7-22/h3-13,16-17H,14-15,18H2,1-2H3,(H,28,30)(H,29,31)/b27-17+. The monoisotopic (exact) mass is 429 g/mol. The highest BCUT2D eigenvalue weighted by molar-refractivity contribution is 5.94. The smallest absolute Gasteiger partial charge is 0.240 e. The van der Waals surface area contributed by atoms with Gasteiger partial charge in [-0.3, -0.25) is 9.59 Å². The number of ether oxygens (including phenoxy) is 1. The number of anilines is 1. The van der Waals surface area contributed by atoms with Crippen LogP contribution in [0.4, 0.5) is 5.69 Å². The number of hydrogen-bond donors (Lipinski definition) is 2. The van der Waals surface area contributed by atoms with Crippen LogP contribution in [0, 0.1) is 13.8 Å². The van der Waals surface area contributed by atoms with Gasteiger partial charge in [0.1, 0.15) is 12.4 Å². The highest BCUT2D eigenvalue weighted by Crippen LogP contribution is 2.16. The third kappa shape index (κ3) is 7.40. The maximum Gasteiger partial charge on any atom is 0.240 e. The molecule has 6 nitrogen and oxygen atoms in total. The Morgan fingerprint density at radius 2 is 1.62 bits per heavy atom. The Balaban J connectivity index is 1.38. The molecule has 32 heavy (non-hydrogen) atoms. The van der Waals surface area contributed by atoms with Gasteiger partial charge in [0, 0.05) is 18.5 Å². The predicted octanol–water partition coefficient (Wildman–Crippen LogP) is 4.75. The van der Waals surface area contributed by atoms with Crippen LogP contribution < -0.4 is 15.5 Å². The Hall–Kier alpha value is -3.93. The summed E-state index contributed by atoms with van der Waals surface area (Å²) in [6.45, 7) is 4.44. The van der Waals surface area contributed by atoms with E-state index in [4.69, 9.17) is 4.74 Å². The molecule has 3 aromatic carbocycles. The van der Waals surface area contributed by atoms with E-state index < -0.39 is 0 Å². The van der Waals surface area contributed by atoms with E-state index in [9.17, 15) is 9.59 Å². The largest absolute Gasteiger partial charge is 0.489 e. The normalized spacial score (nSPS) is 10.7. The SMILES string of the molecule is Cc1ccc(NC(=O)CCC(=O)N/N=C/c2ccc(OCc3ccccc3)cc2)c(C)c1. The van der Waals surface area contributed by atoms with Gasteiger partial charge in [-0.15, -0.1) is 0 Å². The van der Waals surface area contributed by atoms with Gasteiger partial charge in [-0.25, -0.2) is 5.43 Å². The van der Waals surface area contributed by atoms with E-state index in [0.717, 1.165) is 33.7 Å². The van der Waals surface area contributed by atoms with Crippen molar-refractivity contribution >= 4 is 23.7 Å². The zero-order chi connectivity index (χ0) is 22.8. The van der Waals surface area contributed by atoms with Crippen molar-refractivity contribution in [3.05, 3.63) is 95.1 Å². The molecule has 0 unspecified atom stereocenters. The van der Waals surface area contributed by atoms with Crippen molar-refractivity contribution in [3.8, 4) is 5.75 Å². The summed E-state index contributed by atoms with van der Waals surface area (Å²) in [4.78, 5) is 24.0. The number of amides is 2. The fourth-order valence-electron chi connectivity index (χ4n) is 3.02. The topological polar surface area (TPSA) is 79.8 Å². The van der Waals surface area contributed by atoms with Crippen molar-refractivity contribution in [1.29, 1.82) is 0 Å². The first-order valence-corrected chi connectivity index (χ1v) is 10.5. The van der Waals surface area contributed by atoms with Crippen LogP contribution >= 0.6 is 0 Å². The lowest BCUT2D eigenvalue weighted by molar-refractivity contribution is -0.124. The lowest BCUT2D eigenvalue weighted by atomic mass is 10.1. The molecule has 0 aliphatic carbocycles. The van der Waals surface area contributed by atoms with Crippen molar-refractivity contribution in [2.75, 3.05) is 5.32 Å². The molecule has 3 aromatic rings. The van der Waals surface area contributed by atoms with Gasteiger partial charge in [0.15, 0.2) is 0 Å². The minimum Gasteiger partial charge on any atom is -0.489 e. The van der Waals surface area contributed by atoms with Gasteiger partial charge in [-0.2, -0.15) is 5.10 Å². The highest BCUT2D eigenvalue weighted by atomic mass is 16.5. The number of aryl methyl sites for hydroxylation is 2. The molecule has 0 saturated heterocycles. The molecule has 2 amide bonds. The van der Waals surface area contributed by atoms with E-state index in [0.29, 0.717) is 6.61 Å². The van der Waals surface area contributed by atoms with Crippen molar-refractivity contribution in [2.45, 2.75) is 33.3 Å². The lowest BCUT2D eigenvalue weighted by Gasteiger charge is -2.08. The van der Waals surface area contributed by atoms with Gasteiger partial charge in [0.05, 0.1) is 6.21 Å². The summed E-state index contributed by atoms with van der Waals surface area (Å²) in [5.41, 5.74) is 7.26. The molecule has 3 rings (SSSR count). The summed E-state index contributed by atoms with van der Waals surface area (Å²) < 4.78 is 5.75. The van der Waals surface area contributed by atoms with Crippen LogP contribution in [0.15, 0.2) is 77.9 Å². The van der Waals surface area contributed by atoms with Crippen LogP contribution in [0.5, 0.6) is 5.75 Å². The van der Waals surface area contributed by atoms with E-state index in [1.807, 2.05) is 86.6 Å². The Kier molecular flexibility index (Phi) is 8.15. The van der Waals surface area contributed by atoms with Crippen LogP contribution in [-0.2, 0) is 16.2 Å². The van der Waals surface area contributed by atoms with Gasteiger partial charge in [-0.1, -0.05) is 48.0 Å². The Labute approximate surface area is 188 Å². The van der Waals surface area contributed by atoms with Crippen LogP contribution in [0.3, 0.4) is 0 Å². The summed E-state index contributed by atoms with van der Waals surface area (Å²) in [7, 11) is 0. The molecule has 0 heterocycles. The Morgan fingerprint density at radius 1 is 0.906 bits per heavy atom. The number of nitrogens with zero attached hydrogens (tertiary/aromatic N) is 1. The number of benzene rings is 3. The first-order chi connectivity index (χ1) is 15.5. The second-order valence-corrected chi connectivity index (χ2v) is 7.50. The van der Waals surface area contributed by atoms with E-state index >= 15 is 0 Å². The molecular weight excluding hydrogens is 402 g/mol. The third-order valence-electron chi connectivity index (χ3n) is 4.77. The summed E-state index contributed by atoms with van der Waals surface area (Å²) in [6.07, 6.45) is 1.69. The molecular formula is C26H27N3O3. The number of hydrogen-bond acceptors (Lipinski definition) is 4. The molecule has 0 aromatic heterocycles. The quantitative estimate of drug-likeness (QED) is 0.380. The molecule has 2 N–H and O–H groups in total. The van der Waals surface area contributed by atoms with Gasteiger partial charge < -0.3 is 10.1 Å². The second kappa shape index (κ2) is 11.5. The molecule has 6 heteroatoms. The van der Waals surface area contributed by atoms with Gasteiger partial charge in [0.2, 0.25) is 11.8 Å². The minimum atomic E-state index is -0.320. The van der Waals surface area contributed by atoms with Crippen molar-refractivity contribution in [1.82, 2.24) is 5.43 Å². The van der Waals surface area contributed by atoms with E-state index in [1.165, 1.54) is 0 Å². The average Bonchev–Trinajstić information content (AvgIpc) is 2.80. The summed E-state index contributed by atoms with van der Waals surface area (Å²) in [5.74, 6) is 0.229. The molecule has 0 fully saturated rings. The van der Waals surface area contributed by atoms with E-state index in [2.05, 4.69) is 15.8 Å². The average molecular weight is 430 g/mol. The van der Waals surface area contributed by atoms with E-state index in [-0.39, 0.29) is 24.7 Å². The third-order valence-corrected chi connectivity index (χ3v) is 4.77. The number of nitrogens with one attached hydrogen (secondary N) is 2. The van der Waals surface area contributed by atoms with Crippen molar-refractivity contribution in [2.24, 2.45) is 5.10 Å². The minimum absolute atomic E-state index is 0.0559.